The third-order valence-corrected chi connectivity index (χ3v) is 1.89. The summed E-state index contributed by atoms with van der Waals surface area (Å²) in [7, 11) is -1.43. The molecule has 15 heavy (non-hydrogen) atoms. The van der Waals surface area contributed by atoms with Crippen LogP contribution in [-0.2, 0) is 14.4 Å². The van der Waals surface area contributed by atoms with E-state index in [0.29, 0.717) is 6.42 Å². The van der Waals surface area contributed by atoms with Crippen LogP contribution in [0.2, 0.25) is 5.82 Å². The van der Waals surface area contributed by atoms with Crippen molar-refractivity contribution in [2.45, 2.75) is 38.5 Å². The average molecular weight is 217 g/mol. The molecule has 0 spiro atoms. The highest BCUT2D eigenvalue weighted by Crippen LogP contribution is 2.12. The first-order valence-corrected chi connectivity index (χ1v) is 4.54. The van der Waals surface area contributed by atoms with Crippen molar-refractivity contribution in [3.05, 3.63) is 0 Å². The normalized spacial score (nSPS) is 12.9. The van der Waals surface area contributed by atoms with E-state index < -0.39 is 19.0 Å². The molecule has 0 aromatic rings. The lowest BCUT2D eigenvalue weighted by molar-refractivity contribution is -0.191. The van der Waals surface area contributed by atoms with Crippen molar-refractivity contribution in [1.29, 1.82) is 0 Å². The van der Waals surface area contributed by atoms with E-state index in [1.54, 1.807) is 6.92 Å². The van der Waals surface area contributed by atoms with E-state index in [-0.39, 0.29) is 18.4 Å². The second-order valence-corrected chi connectivity index (χ2v) is 3.16. The van der Waals surface area contributed by atoms with Gasteiger partial charge in [-0.3, -0.25) is 4.79 Å². The monoisotopic (exact) mass is 217 g/mol. The highest BCUT2D eigenvalue weighted by Gasteiger charge is 2.23. The van der Waals surface area contributed by atoms with Gasteiger partial charge in [0.25, 0.3) is 0 Å². The van der Waals surface area contributed by atoms with Crippen LogP contribution in [0.5, 0.6) is 0 Å². The number of nitrogens with two attached hydrogens (primary N) is 1. The van der Waals surface area contributed by atoms with E-state index in [0.717, 1.165) is 0 Å². The average Bonchev–Trinajstić information content (AvgIpc) is 2.17. The zero-order valence-electron chi connectivity index (χ0n) is 8.84. The molecule has 0 bridgehead atoms. The van der Waals surface area contributed by atoms with Gasteiger partial charge in [-0.15, -0.1) is 0 Å². The fourth-order valence-electron chi connectivity index (χ4n) is 0.802. The van der Waals surface area contributed by atoms with Gasteiger partial charge in [0.2, 0.25) is 0 Å². The van der Waals surface area contributed by atoms with Gasteiger partial charge >= 0.3 is 13.3 Å². The molecule has 4 N–H and O–H groups in total. The highest BCUT2D eigenvalue weighted by molar-refractivity contribution is 6.43. The zero-order valence-corrected chi connectivity index (χ0v) is 8.84. The van der Waals surface area contributed by atoms with Crippen LogP contribution >= 0.6 is 0 Å². The van der Waals surface area contributed by atoms with Gasteiger partial charge in [0, 0.05) is 6.42 Å². The summed E-state index contributed by atoms with van der Waals surface area (Å²) >= 11 is 0. The first kappa shape index (κ1) is 16.4. The van der Waals surface area contributed by atoms with E-state index in [9.17, 15) is 4.79 Å². The van der Waals surface area contributed by atoms with E-state index in [2.05, 4.69) is 0 Å². The molecule has 0 amide bonds. The minimum atomic E-state index is -1.43. The van der Waals surface area contributed by atoms with E-state index >= 15 is 0 Å². The molecular weight excluding hydrogens is 201 g/mol. The largest absolute Gasteiger partial charge is 0.454 e. The van der Waals surface area contributed by atoms with Crippen molar-refractivity contribution < 1.29 is 24.4 Å². The Morgan fingerprint density at radius 2 is 1.87 bits per heavy atom. The Hall–Kier alpha value is -1.01. The van der Waals surface area contributed by atoms with Gasteiger partial charge < -0.3 is 15.8 Å². The molecule has 0 unspecified atom stereocenters. The Bertz CT molecular complexity index is 215. The molecule has 0 saturated carbocycles. The first-order chi connectivity index (χ1) is 6.90. The third-order valence-electron chi connectivity index (χ3n) is 1.89. The summed E-state index contributed by atoms with van der Waals surface area (Å²) in [6, 6.07) is -0.466. The molecule has 0 fully saturated rings. The molecule has 6 nitrogen and oxygen atoms in total. The second-order valence-electron chi connectivity index (χ2n) is 3.16. The summed E-state index contributed by atoms with van der Waals surface area (Å²) in [5, 5.41) is 17.4. The summed E-state index contributed by atoms with van der Waals surface area (Å²) in [6.45, 7) is 3.42. The summed E-state index contributed by atoms with van der Waals surface area (Å²) < 4.78 is 0. The van der Waals surface area contributed by atoms with Crippen molar-refractivity contribution in [2.75, 3.05) is 0 Å². The SMILES string of the molecule is CC[C@H](N)C(=O)C[C@@H](C)B(O)O.O=C=O. The fourth-order valence-corrected chi connectivity index (χ4v) is 0.802. The van der Waals surface area contributed by atoms with E-state index in [4.69, 9.17) is 25.4 Å². The molecule has 0 aliphatic heterocycles. The summed E-state index contributed by atoms with van der Waals surface area (Å²) in [6.07, 6.45) is 0.972. The molecule has 2 atom stereocenters. The lowest BCUT2D eigenvalue weighted by atomic mass is 9.71. The van der Waals surface area contributed by atoms with Crippen LogP contribution in [-0.4, -0.2) is 35.1 Å². The molecule has 0 aliphatic carbocycles. The molecule has 86 valence electrons. The summed E-state index contributed by atoms with van der Waals surface area (Å²) in [5.41, 5.74) is 5.45. The van der Waals surface area contributed by atoms with Crippen LogP contribution in [0.1, 0.15) is 26.7 Å². The maximum absolute atomic E-state index is 11.1. The van der Waals surface area contributed by atoms with Crippen LogP contribution in [0.25, 0.3) is 0 Å². The van der Waals surface area contributed by atoms with Gasteiger partial charge in [0.1, 0.15) is 5.78 Å². The topological polar surface area (TPSA) is 118 Å². The predicted octanol–water partition coefficient (Wildman–Crippen LogP) is -1.04. The quantitative estimate of drug-likeness (QED) is 0.506. The van der Waals surface area contributed by atoms with E-state index in [1.807, 2.05) is 6.92 Å². The lowest BCUT2D eigenvalue weighted by Crippen LogP contribution is -2.32. The highest BCUT2D eigenvalue weighted by atomic mass is 16.4. The minimum absolute atomic E-state index is 0.113. The summed E-state index contributed by atoms with van der Waals surface area (Å²) in [5.74, 6) is -0.548. The van der Waals surface area contributed by atoms with Crippen molar-refractivity contribution in [3.63, 3.8) is 0 Å². The van der Waals surface area contributed by atoms with Crippen molar-refractivity contribution in [3.8, 4) is 0 Å². The third kappa shape index (κ3) is 9.30. The van der Waals surface area contributed by atoms with Crippen LogP contribution in [0.3, 0.4) is 0 Å². The second kappa shape index (κ2) is 9.55. The Balaban J connectivity index is 0. The fraction of sp³-hybridized carbons (Fsp3) is 0.750. The number of rotatable bonds is 5. The van der Waals surface area contributed by atoms with Crippen LogP contribution in [0.15, 0.2) is 0 Å². The van der Waals surface area contributed by atoms with Gasteiger partial charge in [-0.2, -0.15) is 9.59 Å². The van der Waals surface area contributed by atoms with Crippen LogP contribution in [0, 0.1) is 0 Å². The minimum Gasteiger partial charge on any atom is -0.427 e. The van der Waals surface area contributed by atoms with Gasteiger partial charge in [-0.1, -0.05) is 13.8 Å². The molecule has 0 saturated heterocycles. The molecule has 0 rings (SSSR count). The van der Waals surface area contributed by atoms with Gasteiger partial charge in [-0.05, 0) is 12.2 Å². The smallest absolute Gasteiger partial charge is 0.427 e. The molecule has 0 aliphatic rings. The number of carbonyl (C=O) groups is 1. The van der Waals surface area contributed by atoms with Crippen molar-refractivity contribution in [2.24, 2.45) is 5.73 Å². The number of carbonyl (C=O) groups excluding carboxylic acids is 3. The van der Waals surface area contributed by atoms with Crippen LogP contribution < -0.4 is 5.73 Å². The maximum atomic E-state index is 11.1. The number of ketones is 1. The predicted molar refractivity (Wildman–Crippen MR) is 52.5 cm³/mol. The molecule has 0 aromatic carbocycles. The molecule has 7 heteroatoms. The number of hydrogen-bond donors (Lipinski definition) is 3. The Morgan fingerprint density at radius 3 is 2.13 bits per heavy atom. The number of Topliss-reactive ketones (excluding diaryl/α,β-unsaturated/α-hetero) is 1. The van der Waals surface area contributed by atoms with Gasteiger partial charge in [0.15, 0.2) is 0 Å². The maximum Gasteiger partial charge on any atom is 0.454 e. The molecule has 0 aromatic heterocycles. The molecule has 0 radical (unpaired) electrons. The van der Waals surface area contributed by atoms with Gasteiger partial charge in [-0.25, -0.2) is 0 Å². The van der Waals surface area contributed by atoms with Gasteiger partial charge in [0.05, 0.1) is 6.04 Å². The standard InChI is InChI=1S/C7H16BNO3.CO2/c1-3-6(9)7(10)4-5(2)8(11)12;2-1-3/h5-6,11-12H,3-4,9H2,1-2H3;/t5-,6+;/m1./s1. The zero-order chi connectivity index (χ0) is 12.4. The molecule has 0 heterocycles. The number of hydrogen-bond acceptors (Lipinski definition) is 6. The Kier molecular flexibility index (Phi) is 10.5. The van der Waals surface area contributed by atoms with Crippen LogP contribution in [0.4, 0.5) is 0 Å². The molecular formula is C8H16BNO5. The first-order valence-electron chi connectivity index (χ1n) is 4.54. The Morgan fingerprint density at radius 1 is 1.47 bits per heavy atom. The summed E-state index contributed by atoms with van der Waals surface area (Å²) in [4.78, 5) is 27.4. The van der Waals surface area contributed by atoms with Crippen molar-refractivity contribution >= 4 is 19.1 Å². The lowest BCUT2D eigenvalue weighted by Gasteiger charge is -2.11. The Labute approximate surface area is 88.6 Å². The van der Waals surface area contributed by atoms with E-state index in [1.165, 1.54) is 0 Å². The van der Waals surface area contributed by atoms with Crippen molar-refractivity contribution in [1.82, 2.24) is 0 Å².